The number of nitrogens with one attached hydrogen (secondary N) is 1. The minimum absolute atomic E-state index is 0.216. The van der Waals surface area contributed by atoms with E-state index in [1.54, 1.807) is 12.1 Å². The van der Waals surface area contributed by atoms with Crippen LogP contribution in [0.3, 0.4) is 0 Å². The van der Waals surface area contributed by atoms with E-state index in [2.05, 4.69) is 12.2 Å². The lowest BCUT2D eigenvalue weighted by molar-refractivity contribution is 0.275. The molecule has 1 aromatic carbocycles. The van der Waals surface area contributed by atoms with Crippen molar-refractivity contribution in [2.75, 3.05) is 6.54 Å². The highest BCUT2D eigenvalue weighted by molar-refractivity contribution is 6.31. The van der Waals surface area contributed by atoms with Gasteiger partial charge in [0.25, 0.3) is 0 Å². The van der Waals surface area contributed by atoms with Gasteiger partial charge in [-0.3, -0.25) is 0 Å². The van der Waals surface area contributed by atoms with Crippen LogP contribution in [0.2, 0.25) is 5.02 Å². The van der Waals surface area contributed by atoms with Crippen LogP contribution in [0.1, 0.15) is 44.6 Å². The molecule has 0 radical (unpaired) electrons. The quantitative estimate of drug-likeness (QED) is 0.767. The van der Waals surface area contributed by atoms with Crippen LogP contribution in [0.25, 0.3) is 0 Å². The van der Waals surface area contributed by atoms with E-state index in [1.165, 1.54) is 38.2 Å². The Balaban J connectivity index is 1.69. The van der Waals surface area contributed by atoms with Crippen LogP contribution in [0.15, 0.2) is 18.2 Å². The first kappa shape index (κ1) is 14.8. The van der Waals surface area contributed by atoms with Crippen LogP contribution in [-0.4, -0.2) is 6.54 Å². The maximum Gasteiger partial charge on any atom is 0.129 e. The van der Waals surface area contributed by atoms with Crippen LogP contribution >= 0.6 is 11.6 Å². The van der Waals surface area contributed by atoms with Gasteiger partial charge in [-0.05, 0) is 36.9 Å². The Morgan fingerprint density at radius 3 is 2.68 bits per heavy atom. The van der Waals surface area contributed by atoms with E-state index in [4.69, 9.17) is 11.6 Å². The highest BCUT2D eigenvalue weighted by atomic mass is 35.5. The summed E-state index contributed by atoms with van der Waals surface area (Å²) in [4.78, 5) is 0. The molecule has 0 atom stereocenters. The first-order chi connectivity index (χ1) is 9.16. The predicted molar refractivity (Wildman–Crippen MR) is 78.9 cm³/mol. The summed E-state index contributed by atoms with van der Waals surface area (Å²) in [5.74, 6) is 1.53. The SMILES string of the molecule is CC1CCC(CCNCc2c(F)cccc2Cl)CC1. The van der Waals surface area contributed by atoms with Crippen LogP contribution in [0.4, 0.5) is 4.39 Å². The maximum absolute atomic E-state index is 13.6. The molecular weight excluding hydrogens is 261 g/mol. The first-order valence-corrected chi connectivity index (χ1v) is 7.68. The smallest absolute Gasteiger partial charge is 0.129 e. The van der Waals surface area contributed by atoms with Gasteiger partial charge in [0.2, 0.25) is 0 Å². The highest BCUT2D eigenvalue weighted by Crippen LogP contribution is 2.30. The second-order valence-corrected chi connectivity index (χ2v) is 6.20. The van der Waals surface area contributed by atoms with Crippen molar-refractivity contribution < 1.29 is 4.39 Å². The van der Waals surface area contributed by atoms with E-state index >= 15 is 0 Å². The van der Waals surface area contributed by atoms with E-state index in [0.717, 1.165) is 18.4 Å². The van der Waals surface area contributed by atoms with Gasteiger partial charge in [-0.25, -0.2) is 4.39 Å². The molecule has 1 aliphatic rings. The highest BCUT2D eigenvalue weighted by Gasteiger charge is 2.17. The molecule has 1 fully saturated rings. The fraction of sp³-hybridized carbons (Fsp3) is 0.625. The number of hydrogen-bond donors (Lipinski definition) is 1. The van der Waals surface area contributed by atoms with Crippen molar-refractivity contribution in [3.8, 4) is 0 Å². The predicted octanol–water partition coefficient (Wildman–Crippen LogP) is 4.79. The Morgan fingerprint density at radius 1 is 1.26 bits per heavy atom. The van der Waals surface area contributed by atoms with Crippen molar-refractivity contribution >= 4 is 11.6 Å². The van der Waals surface area contributed by atoms with E-state index < -0.39 is 0 Å². The summed E-state index contributed by atoms with van der Waals surface area (Å²) >= 11 is 5.99. The number of hydrogen-bond acceptors (Lipinski definition) is 1. The molecule has 1 saturated carbocycles. The standard InChI is InChI=1S/C16H23ClFN/c1-12-5-7-13(8-6-12)9-10-19-11-14-15(17)3-2-4-16(14)18/h2-4,12-13,19H,5-11H2,1H3. The summed E-state index contributed by atoms with van der Waals surface area (Å²) in [6.07, 6.45) is 6.62. The van der Waals surface area contributed by atoms with Gasteiger partial charge < -0.3 is 5.32 Å². The Labute approximate surface area is 120 Å². The molecule has 1 nitrogen and oxygen atoms in total. The summed E-state index contributed by atoms with van der Waals surface area (Å²) in [5.41, 5.74) is 0.585. The Bertz CT molecular complexity index is 379. The molecular formula is C16H23ClFN. The van der Waals surface area contributed by atoms with Gasteiger partial charge in [-0.15, -0.1) is 0 Å². The Kier molecular flexibility index (Phi) is 5.65. The minimum Gasteiger partial charge on any atom is -0.313 e. The monoisotopic (exact) mass is 283 g/mol. The maximum atomic E-state index is 13.6. The van der Waals surface area contributed by atoms with Crippen molar-refractivity contribution in [3.05, 3.63) is 34.6 Å². The Hall–Kier alpha value is -0.600. The minimum atomic E-state index is -0.216. The molecule has 1 aromatic rings. The zero-order valence-electron chi connectivity index (χ0n) is 11.6. The average molecular weight is 284 g/mol. The van der Waals surface area contributed by atoms with Gasteiger partial charge in [0.1, 0.15) is 5.82 Å². The van der Waals surface area contributed by atoms with Gasteiger partial charge in [0, 0.05) is 17.1 Å². The molecule has 0 aliphatic heterocycles. The second kappa shape index (κ2) is 7.25. The lowest BCUT2D eigenvalue weighted by Crippen LogP contribution is -2.21. The van der Waals surface area contributed by atoms with Crippen LogP contribution in [0.5, 0.6) is 0 Å². The van der Waals surface area contributed by atoms with Gasteiger partial charge in [-0.1, -0.05) is 50.3 Å². The van der Waals surface area contributed by atoms with E-state index in [1.807, 2.05) is 0 Å². The van der Waals surface area contributed by atoms with Gasteiger partial charge in [-0.2, -0.15) is 0 Å². The lowest BCUT2D eigenvalue weighted by atomic mass is 9.81. The molecule has 0 heterocycles. The van der Waals surface area contributed by atoms with Gasteiger partial charge in [0.15, 0.2) is 0 Å². The van der Waals surface area contributed by atoms with E-state index in [0.29, 0.717) is 17.1 Å². The molecule has 3 heteroatoms. The van der Waals surface area contributed by atoms with Gasteiger partial charge >= 0.3 is 0 Å². The third kappa shape index (κ3) is 4.47. The van der Waals surface area contributed by atoms with Crippen LogP contribution in [0, 0.1) is 17.7 Å². The molecule has 0 spiro atoms. The Morgan fingerprint density at radius 2 is 2.00 bits per heavy atom. The van der Waals surface area contributed by atoms with Crippen LogP contribution in [-0.2, 0) is 6.54 Å². The summed E-state index contributed by atoms with van der Waals surface area (Å²) in [5, 5.41) is 3.83. The lowest BCUT2D eigenvalue weighted by Gasteiger charge is -2.26. The van der Waals surface area contributed by atoms with Gasteiger partial charge in [0.05, 0.1) is 0 Å². The fourth-order valence-corrected chi connectivity index (χ4v) is 3.07. The largest absolute Gasteiger partial charge is 0.313 e. The molecule has 106 valence electrons. The third-order valence-corrected chi connectivity index (χ3v) is 4.58. The molecule has 0 saturated heterocycles. The molecule has 0 bridgehead atoms. The van der Waals surface area contributed by atoms with E-state index in [9.17, 15) is 4.39 Å². The summed E-state index contributed by atoms with van der Waals surface area (Å²) in [7, 11) is 0. The third-order valence-electron chi connectivity index (χ3n) is 4.23. The fourth-order valence-electron chi connectivity index (χ4n) is 2.84. The molecule has 2 rings (SSSR count). The molecule has 0 amide bonds. The van der Waals surface area contributed by atoms with Crippen molar-refractivity contribution in [2.45, 2.75) is 45.6 Å². The normalized spacial score (nSPS) is 23.5. The van der Waals surface area contributed by atoms with Crippen molar-refractivity contribution in [1.29, 1.82) is 0 Å². The number of halogens is 2. The summed E-state index contributed by atoms with van der Waals surface area (Å²) in [6, 6.07) is 4.85. The average Bonchev–Trinajstić information content (AvgIpc) is 2.39. The number of rotatable bonds is 5. The summed E-state index contributed by atoms with van der Waals surface area (Å²) in [6.45, 7) is 3.81. The molecule has 1 N–H and O–H groups in total. The molecule has 1 aliphatic carbocycles. The topological polar surface area (TPSA) is 12.0 Å². The van der Waals surface area contributed by atoms with Crippen molar-refractivity contribution in [2.24, 2.45) is 11.8 Å². The van der Waals surface area contributed by atoms with Crippen molar-refractivity contribution in [1.82, 2.24) is 5.32 Å². The molecule has 19 heavy (non-hydrogen) atoms. The number of benzene rings is 1. The van der Waals surface area contributed by atoms with E-state index in [-0.39, 0.29) is 5.82 Å². The molecule has 0 aromatic heterocycles. The second-order valence-electron chi connectivity index (χ2n) is 5.79. The zero-order valence-corrected chi connectivity index (χ0v) is 12.3. The van der Waals surface area contributed by atoms with Crippen molar-refractivity contribution in [3.63, 3.8) is 0 Å². The molecule has 0 unspecified atom stereocenters. The first-order valence-electron chi connectivity index (χ1n) is 7.30. The zero-order chi connectivity index (χ0) is 13.7. The summed E-state index contributed by atoms with van der Waals surface area (Å²) < 4.78 is 13.6. The van der Waals surface area contributed by atoms with Crippen LogP contribution < -0.4 is 5.32 Å².